The molecule has 18 heavy (non-hydrogen) atoms. The predicted molar refractivity (Wildman–Crippen MR) is 75.8 cm³/mol. The van der Waals surface area contributed by atoms with Gasteiger partial charge in [0.05, 0.1) is 11.9 Å². The van der Waals surface area contributed by atoms with Crippen LogP contribution in [0.1, 0.15) is 20.3 Å². The van der Waals surface area contributed by atoms with Gasteiger partial charge in [-0.2, -0.15) is 0 Å². The number of ether oxygens (including phenoxy) is 1. The third kappa shape index (κ3) is 13.9. The molecule has 0 radical (unpaired) electrons. The molecule has 0 aliphatic rings. The molecule has 0 saturated heterocycles. The summed E-state index contributed by atoms with van der Waals surface area (Å²) >= 11 is 0. The van der Waals surface area contributed by atoms with Gasteiger partial charge in [-0.05, 0) is 33.9 Å². The average molecular weight is 280 g/mol. The van der Waals surface area contributed by atoms with Crippen molar-refractivity contribution < 1.29 is 13.2 Å². The largest absolute Gasteiger partial charge is 0.379 e. The minimum absolute atomic E-state index is 0.228. The molecule has 0 amide bonds. The number of nitrogens with one attached hydrogen (secondary N) is 1. The van der Waals surface area contributed by atoms with Gasteiger partial charge in [0, 0.05) is 32.5 Å². The zero-order valence-corrected chi connectivity index (χ0v) is 12.9. The first-order chi connectivity index (χ1) is 8.31. The van der Waals surface area contributed by atoms with Crippen LogP contribution in [0.15, 0.2) is 0 Å². The Balaban J connectivity index is 3.33. The Hall–Kier alpha value is -0.170. The van der Waals surface area contributed by atoms with E-state index in [4.69, 9.17) is 4.74 Å². The second kappa shape index (κ2) is 9.72. The van der Waals surface area contributed by atoms with Crippen molar-refractivity contribution in [2.75, 3.05) is 51.8 Å². The summed E-state index contributed by atoms with van der Waals surface area (Å²) < 4.78 is 27.4. The lowest BCUT2D eigenvalue weighted by Crippen LogP contribution is -2.33. The number of hydrogen-bond donors (Lipinski definition) is 1. The first-order valence-corrected chi connectivity index (χ1v) is 8.56. The van der Waals surface area contributed by atoms with Crippen molar-refractivity contribution >= 4 is 9.84 Å². The molecular formula is C12H28N2O3S. The first kappa shape index (κ1) is 17.8. The molecule has 1 N–H and O–H groups in total. The zero-order chi connectivity index (χ0) is 14.0. The maximum Gasteiger partial charge on any atom is 0.148 e. The average Bonchev–Trinajstić information content (AvgIpc) is 2.23. The molecule has 0 fully saturated rings. The molecule has 0 rings (SSSR count). The third-order valence-electron chi connectivity index (χ3n) is 2.46. The van der Waals surface area contributed by atoms with E-state index in [1.165, 1.54) is 6.26 Å². The molecule has 0 aliphatic heterocycles. The second-order valence-corrected chi connectivity index (χ2v) is 7.22. The van der Waals surface area contributed by atoms with Crippen LogP contribution < -0.4 is 5.32 Å². The van der Waals surface area contributed by atoms with Gasteiger partial charge in [0.25, 0.3) is 0 Å². The second-order valence-electron chi connectivity index (χ2n) is 4.96. The van der Waals surface area contributed by atoms with Gasteiger partial charge in [-0.1, -0.05) is 0 Å². The summed E-state index contributed by atoms with van der Waals surface area (Å²) in [5.41, 5.74) is 0. The molecule has 0 aromatic heterocycles. The van der Waals surface area contributed by atoms with E-state index in [1.807, 2.05) is 25.8 Å². The lowest BCUT2D eigenvalue weighted by Gasteiger charge is -2.16. The molecule has 0 aromatic carbocycles. The monoisotopic (exact) mass is 280 g/mol. The number of nitrogens with zero attached hydrogens (tertiary/aromatic N) is 1. The highest BCUT2D eigenvalue weighted by molar-refractivity contribution is 7.90. The van der Waals surface area contributed by atoms with E-state index in [9.17, 15) is 8.42 Å². The minimum Gasteiger partial charge on any atom is -0.379 e. The molecule has 0 unspecified atom stereocenters. The summed E-state index contributed by atoms with van der Waals surface area (Å²) in [5, 5.41) is 3.32. The van der Waals surface area contributed by atoms with Crippen molar-refractivity contribution in [3.8, 4) is 0 Å². The molecule has 0 spiro atoms. The fourth-order valence-electron chi connectivity index (χ4n) is 1.34. The smallest absolute Gasteiger partial charge is 0.148 e. The standard InChI is InChI=1S/C12H28N2O3S/c1-12(2)17-10-5-6-13-7-8-14(3)9-11-18(4,15)16/h12-13H,5-11H2,1-4H3. The fraction of sp³-hybridized carbons (Fsp3) is 1.00. The van der Waals surface area contributed by atoms with E-state index in [-0.39, 0.29) is 5.75 Å². The fourth-order valence-corrected chi connectivity index (χ4v) is 1.99. The Morgan fingerprint density at radius 3 is 2.44 bits per heavy atom. The van der Waals surface area contributed by atoms with Crippen LogP contribution >= 0.6 is 0 Å². The minimum atomic E-state index is -2.85. The van der Waals surface area contributed by atoms with Gasteiger partial charge in [0.2, 0.25) is 0 Å². The van der Waals surface area contributed by atoms with Crippen LogP contribution in [0.5, 0.6) is 0 Å². The van der Waals surface area contributed by atoms with Gasteiger partial charge < -0.3 is 15.0 Å². The Morgan fingerprint density at radius 1 is 1.22 bits per heavy atom. The normalized spacial score (nSPS) is 12.6. The van der Waals surface area contributed by atoms with E-state index < -0.39 is 9.84 Å². The zero-order valence-electron chi connectivity index (χ0n) is 12.1. The van der Waals surface area contributed by atoms with Crippen molar-refractivity contribution in [3.63, 3.8) is 0 Å². The van der Waals surface area contributed by atoms with Crippen molar-refractivity contribution in [3.05, 3.63) is 0 Å². The molecule has 0 heterocycles. The highest BCUT2D eigenvalue weighted by atomic mass is 32.2. The number of hydrogen-bond acceptors (Lipinski definition) is 5. The van der Waals surface area contributed by atoms with E-state index in [0.29, 0.717) is 12.6 Å². The van der Waals surface area contributed by atoms with E-state index in [1.54, 1.807) is 0 Å². The van der Waals surface area contributed by atoms with Crippen LogP contribution in [0.25, 0.3) is 0 Å². The van der Waals surface area contributed by atoms with Crippen molar-refractivity contribution in [1.29, 1.82) is 0 Å². The number of likely N-dealkylation sites (N-methyl/N-ethyl adjacent to an activating group) is 1. The Labute approximate surface area is 112 Å². The molecule has 0 bridgehead atoms. The highest BCUT2D eigenvalue weighted by Crippen LogP contribution is 1.89. The van der Waals surface area contributed by atoms with Crippen LogP contribution in [-0.2, 0) is 14.6 Å². The summed E-state index contributed by atoms with van der Waals surface area (Å²) in [4.78, 5) is 2.03. The molecular weight excluding hydrogens is 252 g/mol. The molecule has 0 saturated carbocycles. The molecule has 0 aliphatic carbocycles. The SMILES string of the molecule is CC(C)OCCCNCCN(C)CCS(C)(=O)=O. The molecule has 0 atom stereocenters. The molecule has 0 aromatic rings. The quantitative estimate of drug-likeness (QED) is 0.554. The van der Waals surface area contributed by atoms with Gasteiger partial charge in [-0.3, -0.25) is 0 Å². The summed E-state index contributed by atoms with van der Waals surface area (Å²) in [6, 6.07) is 0. The van der Waals surface area contributed by atoms with Crippen LogP contribution in [0.4, 0.5) is 0 Å². The van der Waals surface area contributed by atoms with Crippen molar-refractivity contribution in [2.45, 2.75) is 26.4 Å². The third-order valence-corrected chi connectivity index (χ3v) is 3.39. The molecule has 5 nitrogen and oxygen atoms in total. The summed E-state index contributed by atoms with van der Waals surface area (Å²) in [5.74, 6) is 0.228. The van der Waals surface area contributed by atoms with Crippen molar-refractivity contribution in [2.24, 2.45) is 0 Å². The summed E-state index contributed by atoms with van der Waals surface area (Å²) in [6.07, 6.45) is 2.58. The lowest BCUT2D eigenvalue weighted by molar-refractivity contribution is 0.0770. The maximum atomic E-state index is 11.0. The number of sulfone groups is 1. The Bertz CT molecular complexity index is 292. The topological polar surface area (TPSA) is 58.6 Å². The van der Waals surface area contributed by atoms with Gasteiger partial charge in [-0.25, -0.2) is 8.42 Å². The Kier molecular flexibility index (Phi) is 9.63. The number of rotatable bonds is 11. The molecule has 110 valence electrons. The van der Waals surface area contributed by atoms with Gasteiger partial charge in [-0.15, -0.1) is 0 Å². The summed E-state index contributed by atoms with van der Waals surface area (Å²) in [6.45, 7) is 8.12. The van der Waals surface area contributed by atoms with Crippen LogP contribution in [0.2, 0.25) is 0 Å². The van der Waals surface area contributed by atoms with Gasteiger partial charge >= 0.3 is 0 Å². The predicted octanol–water partition coefficient (Wildman–Crippen LogP) is 0.368. The van der Waals surface area contributed by atoms with Crippen LogP contribution in [0.3, 0.4) is 0 Å². The summed E-state index contributed by atoms with van der Waals surface area (Å²) in [7, 11) is -0.909. The Morgan fingerprint density at radius 2 is 1.89 bits per heavy atom. The maximum absolute atomic E-state index is 11.0. The van der Waals surface area contributed by atoms with Gasteiger partial charge in [0.15, 0.2) is 0 Å². The van der Waals surface area contributed by atoms with Crippen molar-refractivity contribution in [1.82, 2.24) is 10.2 Å². The lowest BCUT2D eigenvalue weighted by atomic mass is 10.4. The van der Waals surface area contributed by atoms with Crippen LogP contribution in [0, 0.1) is 0 Å². The first-order valence-electron chi connectivity index (χ1n) is 6.50. The van der Waals surface area contributed by atoms with E-state index >= 15 is 0 Å². The van der Waals surface area contributed by atoms with Crippen LogP contribution in [-0.4, -0.2) is 71.3 Å². The molecule has 6 heteroatoms. The van der Waals surface area contributed by atoms with Gasteiger partial charge in [0.1, 0.15) is 9.84 Å². The highest BCUT2D eigenvalue weighted by Gasteiger charge is 2.04. The van der Waals surface area contributed by atoms with E-state index in [2.05, 4.69) is 5.32 Å². The van der Waals surface area contributed by atoms with E-state index in [0.717, 1.165) is 32.7 Å².